The van der Waals surface area contributed by atoms with Gasteiger partial charge in [0.2, 0.25) is 0 Å². The Balaban J connectivity index is 1.49. The second-order valence-electron chi connectivity index (χ2n) is 7.22. The minimum absolute atomic E-state index is 0.0285. The number of urea groups is 1. The molecule has 2 atom stereocenters. The summed E-state index contributed by atoms with van der Waals surface area (Å²) in [6.45, 7) is 3.96. The lowest BCUT2D eigenvalue weighted by Crippen LogP contribution is -2.41. The maximum absolute atomic E-state index is 13.1. The molecule has 2 aliphatic heterocycles. The maximum atomic E-state index is 13.1. The van der Waals surface area contributed by atoms with Gasteiger partial charge in [0.1, 0.15) is 13.2 Å². The van der Waals surface area contributed by atoms with Gasteiger partial charge in [-0.25, -0.2) is 4.79 Å². The lowest BCUT2D eigenvalue weighted by Gasteiger charge is -2.29. The van der Waals surface area contributed by atoms with Crippen LogP contribution in [0.15, 0.2) is 42.5 Å². The highest BCUT2D eigenvalue weighted by Crippen LogP contribution is 2.38. The van der Waals surface area contributed by atoms with Crippen LogP contribution in [0, 0.1) is 0 Å². The second kappa shape index (κ2) is 8.31. The third-order valence-corrected chi connectivity index (χ3v) is 5.69. The second-order valence-corrected chi connectivity index (χ2v) is 7.65. The molecule has 4 rings (SSSR count). The Hall–Kier alpha value is -2.40. The smallest absolute Gasteiger partial charge is 0.318 e. The first kappa shape index (κ1) is 18.9. The zero-order valence-corrected chi connectivity index (χ0v) is 16.7. The summed E-state index contributed by atoms with van der Waals surface area (Å²) < 4.78 is 11.3. The van der Waals surface area contributed by atoms with Crippen molar-refractivity contribution in [2.24, 2.45) is 0 Å². The van der Waals surface area contributed by atoms with Crippen molar-refractivity contribution in [2.75, 3.05) is 19.8 Å². The van der Waals surface area contributed by atoms with E-state index < -0.39 is 0 Å². The fourth-order valence-electron chi connectivity index (χ4n) is 3.97. The topological polar surface area (TPSA) is 50.8 Å². The maximum Gasteiger partial charge on any atom is 0.318 e. The van der Waals surface area contributed by atoms with Gasteiger partial charge in [-0.2, -0.15) is 0 Å². The van der Waals surface area contributed by atoms with Crippen LogP contribution in [0.2, 0.25) is 5.02 Å². The molecule has 0 aliphatic carbocycles. The number of hydrogen-bond donors (Lipinski definition) is 1. The van der Waals surface area contributed by atoms with Gasteiger partial charge in [-0.15, -0.1) is 0 Å². The van der Waals surface area contributed by atoms with Crippen LogP contribution in [0.3, 0.4) is 0 Å². The number of rotatable bonds is 4. The highest BCUT2D eigenvalue weighted by atomic mass is 35.5. The van der Waals surface area contributed by atoms with E-state index in [2.05, 4.69) is 12.2 Å². The zero-order valence-electron chi connectivity index (χ0n) is 16.0. The van der Waals surface area contributed by atoms with Crippen molar-refractivity contribution in [1.29, 1.82) is 0 Å². The minimum Gasteiger partial charge on any atom is -0.486 e. The van der Waals surface area contributed by atoms with Crippen molar-refractivity contribution in [2.45, 2.75) is 38.3 Å². The number of carbonyl (C=O) groups excluding carboxylic acids is 1. The zero-order chi connectivity index (χ0) is 19.5. The van der Waals surface area contributed by atoms with Gasteiger partial charge in [0.05, 0.1) is 12.1 Å². The molecule has 5 nitrogen and oxygen atoms in total. The highest BCUT2D eigenvalue weighted by Gasteiger charge is 2.31. The van der Waals surface area contributed by atoms with Crippen molar-refractivity contribution in [3.05, 3.63) is 58.6 Å². The summed E-state index contributed by atoms with van der Waals surface area (Å²) in [5.74, 6) is 1.54. The third kappa shape index (κ3) is 3.90. The molecule has 0 unspecified atom stereocenters. The quantitative estimate of drug-likeness (QED) is 0.775. The normalized spacial score (nSPS) is 19.4. The number of carbonyl (C=O) groups is 1. The van der Waals surface area contributed by atoms with E-state index in [0.717, 1.165) is 48.4 Å². The molecule has 2 amide bonds. The molecule has 148 valence electrons. The molecular weight excluding hydrogens is 376 g/mol. The van der Waals surface area contributed by atoms with Crippen LogP contribution in [-0.2, 0) is 0 Å². The minimum atomic E-state index is -0.0358. The highest BCUT2D eigenvalue weighted by molar-refractivity contribution is 6.30. The van der Waals surface area contributed by atoms with Gasteiger partial charge in [-0.05, 0) is 54.7 Å². The van der Waals surface area contributed by atoms with Gasteiger partial charge in [-0.3, -0.25) is 0 Å². The SMILES string of the molecule is CC[C@@H](NC(=O)N1CCC[C@H]1c1ccc2c(c1)OCCO2)c1ccc(Cl)cc1. The average Bonchev–Trinajstić information content (AvgIpc) is 3.22. The van der Waals surface area contributed by atoms with Crippen LogP contribution >= 0.6 is 11.6 Å². The first-order valence-electron chi connectivity index (χ1n) is 9.88. The van der Waals surface area contributed by atoms with Crippen LogP contribution in [-0.4, -0.2) is 30.7 Å². The van der Waals surface area contributed by atoms with Crippen LogP contribution in [0.5, 0.6) is 11.5 Å². The molecule has 2 aromatic rings. The number of nitrogens with zero attached hydrogens (tertiary/aromatic N) is 1. The van der Waals surface area contributed by atoms with Gasteiger partial charge in [0, 0.05) is 11.6 Å². The number of fused-ring (bicyclic) bond motifs is 1. The summed E-state index contributed by atoms with van der Waals surface area (Å²) in [5.41, 5.74) is 2.16. The summed E-state index contributed by atoms with van der Waals surface area (Å²) in [6, 6.07) is 13.7. The van der Waals surface area contributed by atoms with Crippen LogP contribution < -0.4 is 14.8 Å². The van der Waals surface area contributed by atoms with Crippen molar-refractivity contribution in [1.82, 2.24) is 10.2 Å². The van der Waals surface area contributed by atoms with Crippen molar-refractivity contribution in [3.63, 3.8) is 0 Å². The first-order chi connectivity index (χ1) is 13.7. The van der Waals surface area contributed by atoms with Crippen LogP contribution in [0.4, 0.5) is 4.79 Å². The number of benzene rings is 2. The Labute approximate surface area is 170 Å². The fraction of sp³-hybridized carbons (Fsp3) is 0.409. The molecule has 1 fully saturated rings. The molecule has 1 N–H and O–H groups in total. The standard InChI is InChI=1S/C22H25ClN2O3/c1-2-18(15-5-8-17(23)9-6-15)24-22(26)25-11-3-4-19(25)16-7-10-20-21(14-16)28-13-12-27-20/h5-10,14,18-19H,2-4,11-13H2,1H3,(H,24,26)/t18-,19+/m1/s1. The lowest BCUT2D eigenvalue weighted by molar-refractivity contribution is 0.170. The molecule has 0 saturated carbocycles. The van der Waals surface area contributed by atoms with E-state index in [1.165, 1.54) is 0 Å². The van der Waals surface area contributed by atoms with E-state index in [9.17, 15) is 4.79 Å². The number of halogens is 1. The van der Waals surface area contributed by atoms with E-state index in [4.69, 9.17) is 21.1 Å². The van der Waals surface area contributed by atoms with E-state index in [1.54, 1.807) is 0 Å². The molecule has 1 saturated heterocycles. The van der Waals surface area contributed by atoms with Gasteiger partial charge >= 0.3 is 6.03 Å². The number of hydrogen-bond acceptors (Lipinski definition) is 3. The molecule has 2 aromatic carbocycles. The summed E-state index contributed by atoms with van der Waals surface area (Å²) >= 11 is 5.99. The fourth-order valence-corrected chi connectivity index (χ4v) is 4.10. The largest absolute Gasteiger partial charge is 0.486 e. The summed E-state index contributed by atoms with van der Waals surface area (Å²) in [7, 11) is 0. The Bertz CT molecular complexity index is 840. The molecule has 0 bridgehead atoms. The van der Waals surface area contributed by atoms with E-state index in [0.29, 0.717) is 18.2 Å². The number of likely N-dealkylation sites (tertiary alicyclic amines) is 1. The molecule has 28 heavy (non-hydrogen) atoms. The summed E-state index contributed by atoms with van der Waals surface area (Å²) in [4.78, 5) is 15.0. The Morgan fingerprint density at radius 3 is 2.68 bits per heavy atom. The summed E-state index contributed by atoms with van der Waals surface area (Å²) in [5, 5.41) is 3.89. The monoisotopic (exact) mass is 400 g/mol. The van der Waals surface area contributed by atoms with Crippen LogP contribution in [0.25, 0.3) is 0 Å². The van der Waals surface area contributed by atoms with Gasteiger partial charge < -0.3 is 19.7 Å². The van der Waals surface area contributed by atoms with Crippen molar-refractivity contribution in [3.8, 4) is 11.5 Å². The molecule has 6 heteroatoms. The number of amides is 2. The summed E-state index contributed by atoms with van der Waals surface area (Å²) in [6.07, 6.45) is 2.75. The van der Waals surface area contributed by atoms with Gasteiger partial charge in [0.25, 0.3) is 0 Å². The Morgan fingerprint density at radius 2 is 1.93 bits per heavy atom. The number of nitrogens with one attached hydrogen (secondary N) is 1. The predicted molar refractivity (Wildman–Crippen MR) is 109 cm³/mol. The molecule has 0 aromatic heterocycles. The van der Waals surface area contributed by atoms with Gasteiger partial charge in [-0.1, -0.05) is 36.7 Å². The third-order valence-electron chi connectivity index (χ3n) is 5.44. The molecular formula is C22H25ClN2O3. The first-order valence-corrected chi connectivity index (χ1v) is 10.3. The molecule has 2 aliphatic rings. The average molecular weight is 401 g/mol. The van der Waals surface area contributed by atoms with E-state index in [-0.39, 0.29) is 18.1 Å². The Morgan fingerprint density at radius 1 is 1.18 bits per heavy atom. The molecule has 0 radical (unpaired) electrons. The van der Waals surface area contributed by atoms with Gasteiger partial charge in [0.15, 0.2) is 11.5 Å². The molecule has 2 heterocycles. The predicted octanol–water partition coefficient (Wildman–Crippen LogP) is 5.11. The van der Waals surface area contributed by atoms with E-state index >= 15 is 0 Å². The lowest BCUT2D eigenvalue weighted by atomic mass is 10.0. The van der Waals surface area contributed by atoms with Crippen molar-refractivity contribution >= 4 is 17.6 Å². The van der Waals surface area contributed by atoms with E-state index in [1.807, 2.05) is 47.4 Å². The number of ether oxygens (including phenoxy) is 2. The molecule has 0 spiro atoms. The Kier molecular flexibility index (Phi) is 5.62. The van der Waals surface area contributed by atoms with Crippen molar-refractivity contribution < 1.29 is 14.3 Å². The van der Waals surface area contributed by atoms with Crippen LogP contribution in [0.1, 0.15) is 49.4 Å².